The first-order valence-corrected chi connectivity index (χ1v) is 9.02. The van der Waals surface area contributed by atoms with Crippen LogP contribution < -0.4 is 10.1 Å². The van der Waals surface area contributed by atoms with Crippen LogP contribution in [0.1, 0.15) is 16.1 Å². The first-order chi connectivity index (χ1) is 12.7. The molecule has 26 heavy (non-hydrogen) atoms. The maximum atomic E-state index is 12.1. The van der Waals surface area contributed by atoms with Gasteiger partial charge in [0.2, 0.25) is 0 Å². The highest BCUT2D eigenvalue weighted by Gasteiger charge is 2.43. The third kappa shape index (κ3) is 3.48. The smallest absolute Gasteiger partial charge is 0.286 e. The molecule has 2 saturated heterocycles. The van der Waals surface area contributed by atoms with Crippen molar-refractivity contribution in [1.82, 2.24) is 10.2 Å². The van der Waals surface area contributed by atoms with Crippen molar-refractivity contribution >= 4 is 5.91 Å². The van der Waals surface area contributed by atoms with Gasteiger partial charge in [0.25, 0.3) is 5.91 Å². The van der Waals surface area contributed by atoms with Crippen LogP contribution in [0.4, 0.5) is 0 Å². The van der Waals surface area contributed by atoms with E-state index in [-0.39, 0.29) is 12.0 Å². The Morgan fingerprint density at radius 2 is 2.15 bits per heavy atom. The van der Waals surface area contributed by atoms with E-state index in [2.05, 4.69) is 16.3 Å². The number of likely N-dealkylation sites (tertiary alicyclic amines) is 1. The monoisotopic (exact) mass is 356 g/mol. The second kappa shape index (κ2) is 7.51. The number of amides is 1. The van der Waals surface area contributed by atoms with Gasteiger partial charge in [0.05, 0.1) is 26.1 Å². The quantitative estimate of drug-likeness (QED) is 0.859. The van der Waals surface area contributed by atoms with Crippen LogP contribution in [0.5, 0.6) is 5.75 Å². The molecule has 2 fully saturated rings. The molecule has 1 amide bonds. The lowest BCUT2D eigenvalue weighted by atomic mass is 9.93. The van der Waals surface area contributed by atoms with E-state index in [1.807, 2.05) is 18.2 Å². The Labute approximate surface area is 153 Å². The van der Waals surface area contributed by atoms with E-state index >= 15 is 0 Å². The Kier molecular flexibility index (Phi) is 4.95. The number of ether oxygens (including phenoxy) is 2. The molecular weight excluding hydrogens is 332 g/mol. The van der Waals surface area contributed by atoms with Crippen molar-refractivity contribution < 1.29 is 18.7 Å². The summed E-state index contributed by atoms with van der Waals surface area (Å²) >= 11 is 0. The van der Waals surface area contributed by atoms with Crippen LogP contribution in [-0.4, -0.2) is 50.3 Å². The molecule has 1 aromatic heterocycles. The number of furan rings is 1. The maximum absolute atomic E-state index is 12.1. The van der Waals surface area contributed by atoms with Crippen molar-refractivity contribution in [3.63, 3.8) is 0 Å². The molecule has 6 heteroatoms. The molecule has 0 radical (unpaired) electrons. The van der Waals surface area contributed by atoms with Gasteiger partial charge in [-0.15, -0.1) is 0 Å². The molecule has 3 heterocycles. The Bertz CT molecular complexity index is 746. The van der Waals surface area contributed by atoms with Gasteiger partial charge in [0, 0.05) is 43.6 Å². The fraction of sp³-hybridized carbons (Fsp3) is 0.450. The standard InChI is InChI=1S/C20H24N2O4/c1-24-17-6-3-2-5-14(17)10-22-11-16-15(13-26-19(16)12-22)9-21-20(23)18-7-4-8-25-18/h2-8,15-16,19H,9-13H2,1H3,(H,21,23)/t15-,16-,19-/m0/s1. The number of nitrogens with one attached hydrogen (secondary N) is 1. The topological polar surface area (TPSA) is 63.9 Å². The minimum absolute atomic E-state index is 0.165. The number of hydrogen-bond donors (Lipinski definition) is 1. The molecule has 138 valence electrons. The Morgan fingerprint density at radius 1 is 1.27 bits per heavy atom. The minimum atomic E-state index is -0.165. The number of hydrogen-bond acceptors (Lipinski definition) is 5. The summed E-state index contributed by atoms with van der Waals surface area (Å²) in [6.07, 6.45) is 1.76. The predicted octanol–water partition coefficient (Wildman–Crippen LogP) is 2.17. The SMILES string of the molecule is COc1ccccc1CN1C[C@H]2[C@@H](CNC(=O)c3ccco3)CO[C@H]2C1. The average molecular weight is 356 g/mol. The van der Waals surface area contributed by atoms with Crippen molar-refractivity contribution in [2.24, 2.45) is 11.8 Å². The van der Waals surface area contributed by atoms with E-state index in [0.717, 1.165) is 25.4 Å². The van der Waals surface area contributed by atoms with E-state index in [1.165, 1.54) is 11.8 Å². The molecule has 2 aliphatic heterocycles. The van der Waals surface area contributed by atoms with Gasteiger partial charge in [0.1, 0.15) is 5.75 Å². The summed E-state index contributed by atoms with van der Waals surface area (Å²) in [5.74, 6) is 1.89. The number of nitrogens with zero attached hydrogens (tertiary/aromatic N) is 1. The molecule has 4 rings (SSSR count). The first kappa shape index (κ1) is 17.1. The molecule has 1 aromatic carbocycles. The lowest BCUT2D eigenvalue weighted by molar-refractivity contribution is 0.0886. The maximum Gasteiger partial charge on any atom is 0.286 e. The van der Waals surface area contributed by atoms with Gasteiger partial charge in [-0.3, -0.25) is 9.69 Å². The van der Waals surface area contributed by atoms with Crippen molar-refractivity contribution in [2.75, 3.05) is 33.4 Å². The molecule has 0 spiro atoms. The van der Waals surface area contributed by atoms with Gasteiger partial charge in [-0.05, 0) is 18.2 Å². The van der Waals surface area contributed by atoms with Crippen LogP contribution >= 0.6 is 0 Å². The summed E-state index contributed by atoms with van der Waals surface area (Å²) in [7, 11) is 1.71. The van der Waals surface area contributed by atoms with Crippen molar-refractivity contribution in [1.29, 1.82) is 0 Å². The molecule has 0 saturated carbocycles. The van der Waals surface area contributed by atoms with Crippen molar-refractivity contribution in [3.8, 4) is 5.75 Å². The number of para-hydroxylation sites is 1. The summed E-state index contributed by atoms with van der Waals surface area (Å²) in [6, 6.07) is 11.5. The van der Waals surface area contributed by atoms with Crippen LogP contribution in [0.15, 0.2) is 47.1 Å². The first-order valence-electron chi connectivity index (χ1n) is 9.02. The molecule has 2 aliphatic rings. The van der Waals surface area contributed by atoms with Crippen LogP contribution in [-0.2, 0) is 11.3 Å². The highest BCUT2D eigenvalue weighted by atomic mass is 16.5. The Morgan fingerprint density at radius 3 is 2.96 bits per heavy atom. The predicted molar refractivity (Wildman–Crippen MR) is 96.0 cm³/mol. The van der Waals surface area contributed by atoms with E-state index in [4.69, 9.17) is 13.9 Å². The van der Waals surface area contributed by atoms with Crippen LogP contribution in [0.3, 0.4) is 0 Å². The fourth-order valence-electron chi connectivity index (χ4n) is 4.01. The third-order valence-corrected chi connectivity index (χ3v) is 5.37. The van der Waals surface area contributed by atoms with Gasteiger partial charge in [-0.2, -0.15) is 0 Å². The van der Waals surface area contributed by atoms with Gasteiger partial charge >= 0.3 is 0 Å². The Balaban J connectivity index is 1.33. The zero-order valence-electron chi connectivity index (χ0n) is 14.9. The van der Waals surface area contributed by atoms with E-state index in [0.29, 0.717) is 30.7 Å². The summed E-state index contributed by atoms with van der Waals surface area (Å²) in [4.78, 5) is 14.5. The van der Waals surface area contributed by atoms with E-state index in [9.17, 15) is 4.79 Å². The number of rotatable bonds is 6. The van der Waals surface area contributed by atoms with Crippen LogP contribution in [0, 0.1) is 11.8 Å². The molecule has 6 nitrogen and oxygen atoms in total. The number of fused-ring (bicyclic) bond motifs is 1. The largest absolute Gasteiger partial charge is 0.496 e. The van der Waals surface area contributed by atoms with Gasteiger partial charge in [0.15, 0.2) is 5.76 Å². The minimum Gasteiger partial charge on any atom is -0.496 e. The molecule has 3 atom stereocenters. The fourth-order valence-corrected chi connectivity index (χ4v) is 4.01. The summed E-state index contributed by atoms with van der Waals surface area (Å²) in [5.41, 5.74) is 1.19. The zero-order valence-corrected chi connectivity index (χ0v) is 14.9. The highest BCUT2D eigenvalue weighted by molar-refractivity contribution is 5.91. The van der Waals surface area contributed by atoms with Crippen LogP contribution in [0.2, 0.25) is 0 Å². The normalized spacial score (nSPS) is 25.2. The van der Waals surface area contributed by atoms with E-state index in [1.54, 1.807) is 19.2 Å². The number of benzene rings is 1. The molecule has 1 N–H and O–H groups in total. The summed E-state index contributed by atoms with van der Waals surface area (Å²) < 4.78 is 16.6. The van der Waals surface area contributed by atoms with Crippen LogP contribution in [0.25, 0.3) is 0 Å². The lowest BCUT2D eigenvalue weighted by Crippen LogP contribution is -2.34. The second-order valence-electron chi connectivity index (χ2n) is 6.99. The molecule has 0 unspecified atom stereocenters. The average Bonchev–Trinajstić information content (AvgIpc) is 3.38. The Hall–Kier alpha value is -2.31. The summed E-state index contributed by atoms with van der Waals surface area (Å²) in [6.45, 7) is 4.07. The molecule has 0 bridgehead atoms. The molecule has 2 aromatic rings. The third-order valence-electron chi connectivity index (χ3n) is 5.37. The van der Waals surface area contributed by atoms with Gasteiger partial charge < -0.3 is 19.2 Å². The number of carbonyl (C=O) groups is 1. The molecular formula is C20H24N2O4. The van der Waals surface area contributed by atoms with Gasteiger partial charge in [-0.25, -0.2) is 0 Å². The van der Waals surface area contributed by atoms with Crippen molar-refractivity contribution in [2.45, 2.75) is 12.6 Å². The second-order valence-corrected chi connectivity index (χ2v) is 6.99. The van der Waals surface area contributed by atoms with E-state index < -0.39 is 0 Å². The molecule has 0 aliphatic carbocycles. The number of methoxy groups -OCH3 is 1. The number of carbonyl (C=O) groups excluding carboxylic acids is 1. The highest BCUT2D eigenvalue weighted by Crippen LogP contribution is 2.34. The lowest BCUT2D eigenvalue weighted by Gasteiger charge is -2.20. The zero-order chi connectivity index (χ0) is 17.9. The summed E-state index contributed by atoms with van der Waals surface area (Å²) in [5, 5.41) is 2.97. The van der Waals surface area contributed by atoms with Crippen molar-refractivity contribution in [3.05, 3.63) is 54.0 Å². The van der Waals surface area contributed by atoms with Gasteiger partial charge in [-0.1, -0.05) is 18.2 Å².